The van der Waals surface area contributed by atoms with E-state index in [2.05, 4.69) is 41.8 Å². The van der Waals surface area contributed by atoms with Gasteiger partial charge in [0.25, 0.3) is 0 Å². The molecule has 3 rings (SSSR count). The van der Waals surface area contributed by atoms with E-state index in [1.807, 2.05) is 24.3 Å². The lowest BCUT2D eigenvalue weighted by Crippen LogP contribution is -3.12. The van der Waals surface area contributed by atoms with E-state index in [-0.39, 0.29) is 0 Å². The second-order valence-corrected chi connectivity index (χ2v) is 7.59. The van der Waals surface area contributed by atoms with Crippen molar-refractivity contribution in [2.45, 2.75) is 32.4 Å². The lowest BCUT2D eigenvalue weighted by molar-refractivity contribution is -0.918. The van der Waals surface area contributed by atoms with Gasteiger partial charge in [0, 0.05) is 35.2 Å². The minimum atomic E-state index is 0.456. The Kier molecular flexibility index (Phi) is 6.29. The van der Waals surface area contributed by atoms with Gasteiger partial charge in [-0.1, -0.05) is 41.9 Å². The van der Waals surface area contributed by atoms with E-state index in [1.54, 1.807) is 4.90 Å². The third-order valence-electron chi connectivity index (χ3n) is 4.79. The van der Waals surface area contributed by atoms with Gasteiger partial charge >= 0.3 is 0 Å². The first-order valence-corrected chi connectivity index (χ1v) is 9.60. The van der Waals surface area contributed by atoms with Crippen LogP contribution in [0.15, 0.2) is 48.5 Å². The van der Waals surface area contributed by atoms with E-state index in [4.69, 9.17) is 23.8 Å². The van der Waals surface area contributed by atoms with Crippen LogP contribution in [0.5, 0.6) is 0 Å². The van der Waals surface area contributed by atoms with E-state index >= 15 is 0 Å². The first-order chi connectivity index (χ1) is 12.1. The molecule has 3 nitrogen and oxygen atoms in total. The van der Waals surface area contributed by atoms with Crippen LogP contribution < -0.4 is 15.5 Å². The maximum Gasteiger partial charge on any atom is 0.171 e. The fraction of sp³-hybridized carbons (Fsp3) is 0.350. The number of aryl methyl sites for hydroxylation is 1. The molecule has 0 bridgehead atoms. The lowest BCUT2D eigenvalue weighted by atomic mass is 10.0. The van der Waals surface area contributed by atoms with E-state index in [0.717, 1.165) is 48.3 Å². The molecule has 3 N–H and O–H groups in total. The summed E-state index contributed by atoms with van der Waals surface area (Å²) in [7, 11) is 0. The highest BCUT2D eigenvalue weighted by Crippen LogP contribution is 2.13. The van der Waals surface area contributed by atoms with Gasteiger partial charge in [-0.05, 0) is 42.9 Å². The summed E-state index contributed by atoms with van der Waals surface area (Å²) in [5.74, 6) is 0. The Morgan fingerprint density at radius 1 is 1.12 bits per heavy atom. The third kappa shape index (κ3) is 5.43. The van der Waals surface area contributed by atoms with Crippen molar-refractivity contribution in [2.75, 3.05) is 18.4 Å². The number of hydrogen-bond acceptors (Lipinski definition) is 1. The number of piperidine rings is 1. The van der Waals surface area contributed by atoms with E-state index < -0.39 is 0 Å². The normalized spacial score (nSPS) is 20.1. The summed E-state index contributed by atoms with van der Waals surface area (Å²) in [4.78, 5) is 1.62. The van der Waals surface area contributed by atoms with Crippen molar-refractivity contribution in [3.63, 3.8) is 0 Å². The molecule has 2 aromatic rings. The van der Waals surface area contributed by atoms with Gasteiger partial charge in [0.2, 0.25) is 0 Å². The zero-order valence-corrected chi connectivity index (χ0v) is 16.1. The lowest BCUT2D eigenvalue weighted by Gasteiger charge is -2.30. The number of likely N-dealkylation sites (tertiary alicyclic amines) is 1. The number of halogens is 1. The maximum absolute atomic E-state index is 5.96. The van der Waals surface area contributed by atoms with Crippen LogP contribution in [0, 0.1) is 6.92 Å². The van der Waals surface area contributed by atoms with E-state index in [1.165, 1.54) is 11.1 Å². The van der Waals surface area contributed by atoms with Crippen molar-refractivity contribution < 1.29 is 4.90 Å². The Morgan fingerprint density at radius 2 is 1.80 bits per heavy atom. The van der Waals surface area contributed by atoms with Crippen LogP contribution in [0.3, 0.4) is 0 Å². The molecule has 0 unspecified atom stereocenters. The average molecular weight is 375 g/mol. The topological polar surface area (TPSA) is 28.5 Å². The molecule has 0 aliphatic carbocycles. The Labute approximate surface area is 160 Å². The summed E-state index contributed by atoms with van der Waals surface area (Å²) in [5, 5.41) is 8.32. The van der Waals surface area contributed by atoms with Gasteiger partial charge in [0.15, 0.2) is 5.11 Å². The standard InChI is InChI=1S/C20H24ClN3S/c1-15-4-2-3-5-19(15)23-20(25)22-18-10-12-24(13-11-18)14-16-6-8-17(21)9-7-16/h2-9,18H,10-14H2,1H3,(H2,22,23,25)/p+1. The van der Waals surface area contributed by atoms with Crippen molar-refractivity contribution >= 4 is 34.6 Å². The van der Waals surface area contributed by atoms with Crippen LogP contribution in [0.1, 0.15) is 24.0 Å². The van der Waals surface area contributed by atoms with Gasteiger partial charge in [-0.3, -0.25) is 0 Å². The van der Waals surface area contributed by atoms with Crippen molar-refractivity contribution in [1.29, 1.82) is 0 Å². The minimum absolute atomic E-state index is 0.456. The molecular weight excluding hydrogens is 350 g/mol. The number of rotatable bonds is 4. The predicted octanol–water partition coefficient (Wildman–Crippen LogP) is 3.18. The molecule has 0 amide bonds. The monoisotopic (exact) mass is 374 g/mol. The van der Waals surface area contributed by atoms with Crippen LogP contribution in [0.25, 0.3) is 0 Å². The predicted molar refractivity (Wildman–Crippen MR) is 109 cm³/mol. The van der Waals surface area contributed by atoms with Gasteiger partial charge in [0.05, 0.1) is 13.1 Å². The molecule has 0 aromatic heterocycles. The second-order valence-electron chi connectivity index (χ2n) is 6.74. The molecule has 1 aliphatic rings. The van der Waals surface area contributed by atoms with Gasteiger partial charge in [-0.2, -0.15) is 0 Å². The SMILES string of the molecule is Cc1ccccc1NC(=S)NC1CC[NH+](Cc2ccc(Cl)cc2)CC1. The number of nitrogens with one attached hydrogen (secondary N) is 3. The molecule has 2 aromatic carbocycles. The van der Waals surface area contributed by atoms with Crippen LogP contribution in [-0.4, -0.2) is 24.2 Å². The quantitative estimate of drug-likeness (QED) is 0.718. The fourth-order valence-electron chi connectivity index (χ4n) is 3.30. The molecule has 0 saturated carbocycles. The number of benzene rings is 2. The first-order valence-electron chi connectivity index (χ1n) is 8.81. The van der Waals surface area contributed by atoms with E-state index in [9.17, 15) is 0 Å². The summed E-state index contributed by atoms with van der Waals surface area (Å²) < 4.78 is 0. The van der Waals surface area contributed by atoms with Crippen LogP contribution in [0.2, 0.25) is 5.02 Å². The first kappa shape index (κ1) is 18.2. The Bertz CT molecular complexity index is 709. The molecule has 1 fully saturated rings. The van der Waals surface area contributed by atoms with Gasteiger partial charge in [0.1, 0.15) is 6.54 Å². The highest BCUT2D eigenvalue weighted by atomic mass is 35.5. The van der Waals surface area contributed by atoms with E-state index in [0.29, 0.717) is 6.04 Å². The summed E-state index contributed by atoms with van der Waals surface area (Å²) in [6.07, 6.45) is 2.27. The smallest absolute Gasteiger partial charge is 0.171 e. The number of anilines is 1. The van der Waals surface area contributed by atoms with Crippen LogP contribution >= 0.6 is 23.8 Å². The third-order valence-corrected chi connectivity index (χ3v) is 5.26. The van der Waals surface area contributed by atoms with Crippen molar-refractivity contribution in [3.05, 3.63) is 64.7 Å². The molecule has 0 spiro atoms. The Morgan fingerprint density at radius 3 is 2.48 bits per heavy atom. The highest BCUT2D eigenvalue weighted by molar-refractivity contribution is 7.80. The van der Waals surface area contributed by atoms with Crippen LogP contribution in [0.4, 0.5) is 5.69 Å². The molecule has 0 atom stereocenters. The summed E-state index contributed by atoms with van der Waals surface area (Å²) >= 11 is 11.4. The zero-order chi connectivity index (χ0) is 17.6. The van der Waals surface area contributed by atoms with Crippen molar-refractivity contribution in [2.24, 2.45) is 0 Å². The van der Waals surface area contributed by atoms with Gasteiger partial charge < -0.3 is 15.5 Å². The number of para-hydroxylation sites is 1. The molecule has 1 heterocycles. The zero-order valence-electron chi connectivity index (χ0n) is 14.5. The summed E-state index contributed by atoms with van der Waals surface area (Å²) in [6.45, 7) is 5.47. The average Bonchev–Trinajstić information content (AvgIpc) is 2.61. The minimum Gasteiger partial charge on any atom is -0.359 e. The summed E-state index contributed by atoms with van der Waals surface area (Å²) in [6, 6.07) is 16.9. The van der Waals surface area contributed by atoms with Crippen molar-refractivity contribution in [3.8, 4) is 0 Å². The fourth-order valence-corrected chi connectivity index (χ4v) is 3.70. The Hall–Kier alpha value is -1.62. The second kappa shape index (κ2) is 8.65. The Balaban J connectivity index is 1.43. The number of quaternary nitrogens is 1. The molecular formula is C20H25ClN3S+. The molecule has 132 valence electrons. The highest BCUT2D eigenvalue weighted by Gasteiger charge is 2.22. The van der Waals surface area contributed by atoms with Crippen molar-refractivity contribution in [1.82, 2.24) is 5.32 Å². The number of thiocarbonyl (C=S) groups is 1. The maximum atomic E-state index is 5.96. The number of hydrogen-bond donors (Lipinski definition) is 3. The van der Waals surface area contributed by atoms with Gasteiger partial charge in [-0.25, -0.2) is 0 Å². The largest absolute Gasteiger partial charge is 0.359 e. The molecule has 1 saturated heterocycles. The molecule has 5 heteroatoms. The molecule has 0 radical (unpaired) electrons. The molecule has 25 heavy (non-hydrogen) atoms. The summed E-state index contributed by atoms with van der Waals surface area (Å²) in [5.41, 5.74) is 3.63. The molecule has 1 aliphatic heterocycles. The van der Waals surface area contributed by atoms with Gasteiger partial charge in [-0.15, -0.1) is 0 Å². The van der Waals surface area contributed by atoms with Crippen LogP contribution in [-0.2, 0) is 6.54 Å².